The second-order valence-corrected chi connectivity index (χ2v) is 4.96. The minimum Gasteiger partial charge on any atom is -0.467 e. The lowest BCUT2D eigenvalue weighted by atomic mass is 9.98. The van der Waals surface area contributed by atoms with Gasteiger partial charge in [-0.2, -0.15) is 15.0 Å². The van der Waals surface area contributed by atoms with Crippen molar-refractivity contribution in [3.05, 3.63) is 5.28 Å². The Hall–Kier alpha value is -1.14. The molecule has 0 aliphatic carbocycles. The Morgan fingerprint density at radius 1 is 1.32 bits per heavy atom. The van der Waals surface area contributed by atoms with Gasteiger partial charge in [-0.25, -0.2) is 0 Å². The van der Waals surface area contributed by atoms with Gasteiger partial charge in [0.05, 0.1) is 7.11 Å². The summed E-state index contributed by atoms with van der Waals surface area (Å²) in [5.74, 6) is 1.26. The van der Waals surface area contributed by atoms with E-state index in [1.54, 1.807) is 0 Å². The molecule has 0 aromatic carbocycles. The molecule has 1 aliphatic heterocycles. The fourth-order valence-electron chi connectivity index (χ4n) is 2.28. The largest absolute Gasteiger partial charge is 0.467 e. The van der Waals surface area contributed by atoms with Crippen molar-refractivity contribution in [2.75, 3.05) is 38.2 Å². The standard InChI is InChI=1S/C12H20ClN5O/c1-3-18(8-9-4-6-14-7-5-9)11-15-10(13)16-12(17-11)19-2/h9,14H,3-8H2,1-2H3. The monoisotopic (exact) mass is 285 g/mol. The van der Waals surface area contributed by atoms with Crippen molar-refractivity contribution in [1.82, 2.24) is 20.3 Å². The van der Waals surface area contributed by atoms with Crippen LogP contribution in [0.3, 0.4) is 0 Å². The molecule has 2 rings (SSSR count). The lowest BCUT2D eigenvalue weighted by Gasteiger charge is -2.29. The fourth-order valence-corrected chi connectivity index (χ4v) is 2.43. The zero-order chi connectivity index (χ0) is 13.7. The van der Waals surface area contributed by atoms with Crippen LogP contribution >= 0.6 is 11.6 Å². The summed E-state index contributed by atoms with van der Waals surface area (Å²) < 4.78 is 5.04. The van der Waals surface area contributed by atoms with E-state index in [1.807, 2.05) is 0 Å². The second-order valence-electron chi connectivity index (χ2n) is 4.62. The van der Waals surface area contributed by atoms with Crippen LogP contribution in [-0.2, 0) is 0 Å². The molecule has 0 saturated carbocycles. The summed E-state index contributed by atoms with van der Waals surface area (Å²) >= 11 is 5.89. The molecule has 1 aliphatic rings. The zero-order valence-electron chi connectivity index (χ0n) is 11.4. The molecule has 1 N–H and O–H groups in total. The summed E-state index contributed by atoms with van der Waals surface area (Å²) in [6.07, 6.45) is 2.37. The van der Waals surface area contributed by atoms with Gasteiger partial charge < -0.3 is 15.0 Å². The maximum absolute atomic E-state index is 5.89. The highest BCUT2D eigenvalue weighted by atomic mass is 35.5. The summed E-state index contributed by atoms with van der Waals surface area (Å²) in [7, 11) is 1.53. The Kier molecular flexibility index (Phi) is 5.15. The molecule has 106 valence electrons. The van der Waals surface area contributed by atoms with Crippen LogP contribution in [0.5, 0.6) is 6.01 Å². The molecule has 0 unspecified atom stereocenters. The van der Waals surface area contributed by atoms with Crippen LogP contribution in [0.1, 0.15) is 19.8 Å². The van der Waals surface area contributed by atoms with E-state index in [1.165, 1.54) is 20.0 Å². The summed E-state index contributed by atoms with van der Waals surface area (Å²) in [5, 5.41) is 3.54. The second kappa shape index (κ2) is 6.86. The molecule has 1 aromatic rings. The molecule has 0 atom stereocenters. The highest BCUT2D eigenvalue weighted by Gasteiger charge is 2.19. The summed E-state index contributed by atoms with van der Waals surface area (Å²) in [5.41, 5.74) is 0. The fraction of sp³-hybridized carbons (Fsp3) is 0.750. The molecule has 1 aromatic heterocycles. The number of methoxy groups -OCH3 is 1. The Morgan fingerprint density at radius 3 is 2.68 bits per heavy atom. The number of piperidine rings is 1. The van der Waals surface area contributed by atoms with E-state index >= 15 is 0 Å². The highest BCUT2D eigenvalue weighted by molar-refractivity contribution is 6.28. The predicted octanol–water partition coefficient (Wildman–Crippen LogP) is 1.36. The minimum atomic E-state index is 0.172. The first kappa shape index (κ1) is 14.3. The number of aromatic nitrogens is 3. The van der Waals surface area contributed by atoms with Crippen molar-refractivity contribution in [2.45, 2.75) is 19.8 Å². The van der Waals surface area contributed by atoms with Gasteiger partial charge in [0.1, 0.15) is 0 Å². The summed E-state index contributed by atoms with van der Waals surface area (Å²) in [4.78, 5) is 14.5. The molecule has 0 amide bonds. The number of hydrogen-bond acceptors (Lipinski definition) is 6. The first-order valence-corrected chi connectivity index (χ1v) is 7.02. The van der Waals surface area contributed by atoms with Gasteiger partial charge in [0.15, 0.2) is 0 Å². The molecule has 0 radical (unpaired) electrons. The molecule has 19 heavy (non-hydrogen) atoms. The van der Waals surface area contributed by atoms with E-state index in [-0.39, 0.29) is 11.3 Å². The average molecular weight is 286 g/mol. The van der Waals surface area contributed by atoms with Crippen LogP contribution in [0.2, 0.25) is 5.28 Å². The number of hydrogen-bond donors (Lipinski definition) is 1. The van der Waals surface area contributed by atoms with Crippen molar-refractivity contribution in [1.29, 1.82) is 0 Å². The lowest BCUT2D eigenvalue weighted by Crippen LogP contribution is -2.37. The van der Waals surface area contributed by atoms with Gasteiger partial charge in [0.2, 0.25) is 11.2 Å². The number of anilines is 1. The zero-order valence-corrected chi connectivity index (χ0v) is 12.2. The van der Waals surface area contributed by atoms with Crippen molar-refractivity contribution in [3.63, 3.8) is 0 Å². The van der Waals surface area contributed by atoms with Crippen LogP contribution in [0.4, 0.5) is 5.95 Å². The van der Waals surface area contributed by atoms with Gasteiger partial charge in [-0.15, -0.1) is 0 Å². The smallest absolute Gasteiger partial charge is 0.322 e. The number of halogens is 1. The van der Waals surface area contributed by atoms with Crippen molar-refractivity contribution >= 4 is 17.5 Å². The Bertz CT molecular complexity index is 411. The number of nitrogens with one attached hydrogen (secondary N) is 1. The summed E-state index contributed by atoms with van der Waals surface area (Å²) in [6, 6.07) is 0.263. The first-order chi connectivity index (χ1) is 9.22. The molecular weight excluding hydrogens is 266 g/mol. The van der Waals surface area contributed by atoms with Crippen molar-refractivity contribution in [3.8, 4) is 6.01 Å². The molecule has 0 bridgehead atoms. The molecule has 0 spiro atoms. The Labute approximate surface area is 118 Å². The van der Waals surface area contributed by atoms with Crippen LogP contribution < -0.4 is 15.0 Å². The molecule has 6 nitrogen and oxygen atoms in total. The molecule has 7 heteroatoms. The van der Waals surface area contributed by atoms with Gasteiger partial charge >= 0.3 is 6.01 Å². The highest BCUT2D eigenvalue weighted by Crippen LogP contribution is 2.19. The van der Waals surface area contributed by atoms with Crippen LogP contribution in [-0.4, -0.2) is 48.2 Å². The SMILES string of the molecule is CCN(CC1CCNCC1)c1nc(Cl)nc(OC)n1. The van der Waals surface area contributed by atoms with E-state index in [2.05, 4.69) is 32.1 Å². The predicted molar refractivity (Wildman–Crippen MR) is 74.9 cm³/mol. The van der Waals surface area contributed by atoms with E-state index in [9.17, 15) is 0 Å². The van der Waals surface area contributed by atoms with Crippen molar-refractivity contribution in [2.24, 2.45) is 5.92 Å². The van der Waals surface area contributed by atoms with Crippen LogP contribution in [0, 0.1) is 5.92 Å². The quantitative estimate of drug-likeness (QED) is 0.881. The van der Waals surface area contributed by atoms with Crippen molar-refractivity contribution < 1.29 is 4.74 Å². The third-order valence-corrected chi connectivity index (χ3v) is 3.53. The van der Waals surface area contributed by atoms with Gasteiger partial charge in [0.25, 0.3) is 0 Å². The van der Waals surface area contributed by atoms with E-state index in [0.29, 0.717) is 11.9 Å². The summed E-state index contributed by atoms with van der Waals surface area (Å²) in [6.45, 7) is 6.05. The van der Waals surface area contributed by atoms with Crippen LogP contribution in [0.15, 0.2) is 0 Å². The average Bonchev–Trinajstić information content (AvgIpc) is 2.45. The van der Waals surface area contributed by atoms with Gasteiger partial charge in [-0.05, 0) is 50.4 Å². The van der Waals surface area contributed by atoms with Gasteiger partial charge in [-0.3, -0.25) is 0 Å². The Morgan fingerprint density at radius 2 is 2.05 bits per heavy atom. The first-order valence-electron chi connectivity index (χ1n) is 6.64. The van der Waals surface area contributed by atoms with Gasteiger partial charge in [-0.1, -0.05) is 0 Å². The number of nitrogens with zero attached hydrogens (tertiary/aromatic N) is 4. The molecule has 2 heterocycles. The third kappa shape index (κ3) is 3.91. The van der Waals surface area contributed by atoms with Crippen LogP contribution in [0.25, 0.3) is 0 Å². The third-order valence-electron chi connectivity index (χ3n) is 3.36. The molecule has 1 fully saturated rings. The maximum Gasteiger partial charge on any atom is 0.322 e. The number of ether oxygens (including phenoxy) is 1. The molecular formula is C12H20ClN5O. The van der Waals surface area contributed by atoms with E-state index in [0.717, 1.165) is 26.2 Å². The topological polar surface area (TPSA) is 63.2 Å². The lowest BCUT2D eigenvalue weighted by molar-refractivity contribution is 0.367. The normalized spacial score (nSPS) is 16.4. The van der Waals surface area contributed by atoms with Gasteiger partial charge in [0, 0.05) is 13.1 Å². The Balaban J connectivity index is 2.09. The van der Waals surface area contributed by atoms with E-state index < -0.39 is 0 Å². The minimum absolute atomic E-state index is 0.172. The maximum atomic E-state index is 5.89. The molecule has 1 saturated heterocycles. The number of rotatable bonds is 5. The van der Waals surface area contributed by atoms with E-state index in [4.69, 9.17) is 16.3 Å².